The van der Waals surface area contributed by atoms with Crippen LogP contribution in [0.1, 0.15) is 33.4 Å². The number of phenolic OH excluding ortho intramolecular Hbond substituents is 2. The van der Waals surface area contributed by atoms with Crippen molar-refractivity contribution in [2.24, 2.45) is 20.6 Å². The largest absolute Gasteiger partial charge is 0.507 e. The number of hydrogen-bond acceptors (Lipinski definition) is 10. The van der Waals surface area contributed by atoms with Gasteiger partial charge in [-0.3, -0.25) is 0 Å². The molecule has 10 heteroatoms. The van der Waals surface area contributed by atoms with Gasteiger partial charge in [-0.15, -0.1) is 0 Å². The van der Waals surface area contributed by atoms with Crippen molar-refractivity contribution in [2.45, 2.75) is 6.42 Å². The van der Waals surface area contributed by atoms with Gasteiger partial charge in [0.05, 0.1) is 24.9 Å². The molecule has 0 saturated carbocycles. The van der Waals surface area contributed by atoms with Crippen molar-refractivity contribution in [3.8, 4) is 11.5 Å². The molecule has 140 valence electrons. The molecule has 0 aromatic heterocycles. The van der Waals surface area contributed by atoms with Gasteiger partial charge >= 0.3 is 0 Å². The quantitative estimate of drug-likeness (QED) is 0.257. The Bertz CT molecular complexity index is 796. The van der Waals surface area contributed by atoms with Crippen molar-refractivity contribution in [2.75, 3.05) is 0 Å². The number of oxime groups is 4. The summed E-state index contributed by atoms with van der Waals surface area (Å²) in [6.07, 6.45) is 4.38. The molecule has 0 saturated heterocycles. The van der Waals surface area contributed by atoms with Crippen LogP contribution in [0.2, 0.25) is 0 Å². The lowest BCUT2D eigenvalue weighted by Gasteiger charge is -2.10. The van der Waals surface area contributed by atoms with Gasteiger partial charge in [-0.1, -0.05) is 20.6 Å². The number of rotatable bonds is 6. The fourth-order valence-electron chi connectivity index (χ4n) is 2.57. The van der Waals surface area contributed by atoms with Gasteiger partial charge in [-0.2, -0.15) is 0 Å². The average Bonchev–Trinajstić information content (AvgIpc) is 2.63. The molecular formula is C17H16N4O6. The molecule has 10 nitrogen and oxygen atoms in total. The van der Waals surface area contributed by atoms with E-state index < -0.39 is 0 Å². The van der Waals surface area contributed by atoms with E-state index in [4.69, 9.17) is 20.8 Å². The summed E-state index contributed by atoms with van der Waals surface area (Å²) in [5.41, 5.74) is 2.05. The van der Waals surface area contributed by atoms with Crippen LogP contribution < -0.4 is 0 Å². The molecule has 0 aliphatic rings. The summed E-state index contributed by atoms with van der Waals surface area (Å²) >= 11 is 0. The molecule has 0 radical (unpaired) electrons. The summed E-state index contributed by atoms with van der Waals surface area (Å²) in [5, 5.41) is 66.7. The van der Waals surface area contributed by atoms with Gasteiger partial charge < -0.3 is 31.0 Å². The minimum atomic E-state index is -0.235. The topological polar surface area (TPSA) is 171 Å². The van der Waals surface area contributed by atoms with Crippen molar-refractivity contribution >= 4 is 24.9 Å². The zero-order chi connectivity index (χ0) is 19.8. The second-order valence-corrected chi connectivity index (χ2v) is 5.40. The van der Waals surface area contributed by atoms with Crippen LogP contribution in [0.25, 0.3) is 0 Å². The van der Waals surface area contributed by atoms with E-state index in [0.29, 0.717) is 11.1 Å². The SMILES string of the molecule is O/N=C\c1cc(Cc2cc(/C=N\O)c(O)c(/C=N\O)c2)cc(/C=N\O)c1O. The first-order chi connectivity index (χ1) is 13.0. The Labute approximate surface area is 152 Å². The van der Waals surface area contributed by atoms with Crippen LogP contribution in [0.3, 0.4) is 0 Å². The van der Waals surface area contributed by atoms with Gasteiger partial charge in [0.15, 0.2) is 0 Å². The van der Waals surface area contributed by atoms with E-state index in [2.05, 4.69) is 20.6 Å². The molecule has 6 N–H and O–H groups in total. The van der Waals surface area contributed by atoms with Gasteiger partial charge in [0.2, 0.25) is 0 Å². The Kier molecular flexibility index (Phi) is 6.31. The standard InChI is InChI=1S/C17H16N4O6/c22-16-12(6-18-24)2-10(3-13(16)7-19-25)1-11-4-14(8-20-26)17(23)15(5-11)9-21-27/h2-9,22-27H,1H2/b18-6-,19-7-,20-8-,21-9-. The highest BCUT2D eigenvalue weighted by atomic mass is 16.4. The third-order valence-corrected chi connectivity index (χ3v) is 3.65. The summed E-state index contributed by atoms with van der Waals surface area (Å²) in [7, 11) is 0. The third-order valence-electron chi connectivity index (χ3n) is 3.65. The number of hydrogen-bond donors (Lipinski definition) is 6. The molecule has 0 bridgehead atoms. The molecule has 2 rings (SSSR count). The predicted octanol–water partition coefficient (Wildman–Crippen LogP) is 1.92. The van der Waals surface area contributed by atoms with E-state index in [1.54, 1.807) is 24.3 Å². The molecule has 0 atom stereocenters. The summed E-state index contributed by atoms with van der Waals surface area (Å²) < 4.78 is 0. The van der Waals surface area contributed by atoms with Crippen LogP contribution in [-0.4, -0.2) is 55.9 Å². The Morgan fingerprint density at radius 3 is 1.04 bits per heavy atom. The van der Waals surface area contributed by atoms with Crippen LogP contribution in [0.4, 0.5) is 0 Å². The third kappa shape index (κ3) is 4.51. The van der Waals surface area contributed by atoms with Gasteiger partial charge in [0.1, 0.15) is 11.5 Å². The lowest BCUT2D eigenvalue weighted by atomic mass is 9.96. The first kappa shape index (κ1) is 19.2. The molecule has 0 amide bonds. The summed E-state index contributed by atoms with van der Waals surface area (Å²) in [5.74, 6) is -0.470. The van der Waals surface area contributed by atoms with E-state index in [1.807, 2.05) is 0 Å². The maximum absolute atomic E-state index is 10.1. The first-order valence-electron chi connectivity index (χ1n) is 7.45. The summed E-state index contributed by atoms with van der Waals surface area (Å²) in [6.45, 7) is 0. The minimum Gasteiger partial charge on any atom is -0.507 e. The van der Waals surface area contributed by atoms with Crippen molar-refractivity contribution in [3.05, 3.63) is 57.6 Å². The normalized spacial score (nSPS) is 12.1. The van der Waals surface area contributed by atoms with Crippen LogP contribution in [0.5, 0.6) is 11.5 Å². The Morgan fingerprint density at radius 2 is 0.815 bits per heavy atom. The monoisotopic (exact) mass is 372 g/mol. The molecule has 0 spiro atoms. The molecule has 0 unspecified atom stereocenters. The predicted molar refractivity (Wildman–Crippen MR) is 96.5 cm³/mol. The molecule has 0 fully saturated rings. The fraction of sp³-hybridized carbons (Fsp3) is 0.0588. The number of nitrogens with zero attached hydrogens (tertiary/aromatic N) is 4. The van der Waals surface area contributed by atoms with E-state index in [0.717, 1.165) is 24.9 Å². The van der Waals surface area contributed by atoms with Crippen LogP contribution >= 0.6 is 0 Å². The smallest absolute Gasteiger partial charge is 0.133 e. The van der Waals surface area contributed by atoms with Gasteiger partial charge in [-0.25, -0.2) is 0 Å². The zero-order valence-electron chi connectivity index (χ0n) is 13.8. The molecule has 2 aromatic rings. The number of phenols is 2. The first-order valence-corrected chi connectivity index (χ1v) is 7.45. The fourth-order valence-corrected chi connectivity index (χ4v) is 2.57. The highest BCUT2D eigenvalue weighted by Crippen LogP contribution is 2.27. The Balaban J connectivity index is 2.55. The number of benzene rings is 2. The van der Waals surface area contributed by atoms with E-state index in [-0.39, 0.29) is 40.2 Å². The van der Waals surface area contributed by atoms with Crippen molar-refractivity contribution < 1.29 is 31.0 Å². The van der Waals surface area contributed by atoms with Crippen LogP contribution in [0.15, 0.2) is 44.9 Å². The van der Waals surface area contributed by atoms with Crippen LogP contribution in [-0.2, 0) is 6.42 Å². The average molecular weight is 372 g/mol. The number of aromatic hydroxyl groups is 2. The maximum Gasteiger partial charge on any atom is 0.133 e. The van der Waals surface area contributed by atoms with E-state index in [9.17, 15) is 10.2 Å². The van der Waals surface area contributed by atoms with E-state index >= 15 is 0 Å². The molecule has 0 aliphatic heterocycles. The summed E-state index contributed by atoms with van der Waals surface area (Å²) in [6, 6.07) is 6.21. The van der Waals surface area contributed by atoms with Crippen molar-refractivity contribution in [1.29, 1.82) is 0 Å². The Hall–Kier alpha value is -4.08. The summed E-state index contributed by atoms with van der Waals surface area (Å²) in [4.78, 5) is 0. The van der Waals surface area contributed by atoms with Crippen molar-refractivity contribution in [3.63, 3.8) is 0 Å². The molecular weight excluding hydrogens is 356 g/mol. The lowest BCUT2D eigenvalue weighted by molar-refractivity contribution is 0.321. The van der Waals surface area contributed by atoms with Gasteiger partial charge in [-0.05, 0) is 41.8 Å². The molecule has 0 aliphatic carbocycles. The van der Waals surface area contributed by atoms with E-state index in [1.165, 1.54) is 0 Å². The highest BCUT2D eigenvalue weighted by Gasteiger charge is 2.12. The van der Waals surface area contributed by atoms with Crippen LogP contribution in [0, 0.1) is 0 Å². The van der Waals surface area contributed by atoms with Gasteiger partial charge in [0, 0.05) is 22.3 Å². The second-order valence-electron chi connectivity index (χ2n) is 5.40. The second kappa shape index (κ2) is 8.85. The van der Waals surface area contributed by atoms with Gasteiger partial charge in [0.25, 0.3) is 0 Å². The molecule has 27 heavy (non-hydrogen) atoms. The Morgan fingerprint density at radius 1 is 0.556 bits per heavy atom. The maximum atomic E-state index is 10.1. The van der Waals surface area contributed by atoms with Crippen molar-refractivity contribution in [1.82, 2.24) is 0 Å². The zero-order valence-corrected chi connectivity index (χ0v) is 13.8. The molecule has 0 heterocycles. The highest BCUT2D eigenvalue weighted by molar-refractivity contribution is 5.93. The molecule has 2 aromatic carbocycles. The minimum absolute atomic E-state index is 0.193. The lowest BCUT2D eigenvalue weighted by Crippen LogP contribution is -1.99.